The number of rotatable bonds is 3. The third-order valence-corrected chi connectivity index (χ3v) is 2.74. The summed E-state index contributed by atoms with van der Waals surface area (Å²) in [7, 11) is 0. The highest BCUT2D eigenvalue weighted by atomic mass is 19.1. The van der Waals surface area contributed by atoms with Crippen LogP contribution in [0.3, 0.4) is 0 Å². The van der Waals surface area contributed by atoms with Gasteiger partial charge in [-0.2, -0.15) is 4.98 Å². The fourth-order valence-electron chi connectivity index (χ4n) is 1.78. The maximum absolute atomic E-state index is 13.3. The van der Waals surface area contributed by atoms with Crippen LogP contribution in [-0.2, 0) is 0 Å². The summed E-state index contributed by atoms with van der Waals surface area (Å²) in [4.78, 5) is 23.2. The minimum atomic E-state index is -0.681. The van der Waals surface area contributed by atoms with Gasteiger partial charge in [0.05, 0.1) is 11.8 Å². The van der Waals surface area contributed by atoms with E-state index >= 15 is 0 Å². The SMILES string of the molecule is CC=Nc1nc(OC(=O)c2ccc(C)cc2C)ncc1F. The van der Waals surface area contributed by atoms with Crippen molar-refractivity contribution in [3.8, 4) is 6.01 Å². The first-order valence-electron chi connectivity index (χ1n) is 6.32. The van der Waals surface area contributed by atoms with Gasteiger partial charge in [-0.15, -0.1) is 0 Å². The average Bonchev–Trinajstić information content (AvgIpc) is 2.42. The average molecular weight is 287 g/mol. The van der Waals surface area contributed by atoms with Crippen LogP contribution in [0, 0.1) is 19.7 Å². The number of nitrogens with zero attached hydrogens (tertiary/aromatic N) is 3. The van der Waals surface area contributed by atoms with Gasteiger partial charge in [-0.25, -0.2) is 19.2 Å². The molecule has 5 nitrogen and oxygen atoms in total. The van der Waals surface area contributed by atoms with Gasteiger partial charge in [0.1, 0.15) is 0 Å². The molecule has 1 aromatic carbocycles. The summed E-state index contributed by atoms with van der Waals surface area (Å²) in [5.41, 5.74) is 2.24. The summed E-state index contributed by atoms with van der Waals surface area (Å²) in [6, 6.07) is 5.11. The lowest BCUT2D eigenvalue weighted by atomic mass is 10.1. The molecule has 6 heteroatoms. The molecule has 1 aromatic heterocycles. The molecule has 0 aliphatic heterocycles. The topological polar surface area (TPSA) is 64.4 Å². The van der Waals surface area contributed by atoms with Crippen molar-refractivity contribution in [2.75, 3.05) is 0 Å². The number of carbonyl (C=O) groups is 1. The smallest absolute Gasteiger partial charge is 0.346 e. The fraction of sp³-hybridized carbons (Fsp3) is 0.200. The molecule has 0 saturated carbocycles. The van der Waals surface area contributed by atoms with Gasteiger partial charge in [0, 0.05) is 6.21 Å². The number of ether oxygens (including phenoxy) is 1. The van der Waals surface area contributed by atoms with Crippen molar-refractivity contribution in [3.63, 3.8) is 0 Å². The van der Waals surface area contributed by atoms with Crippen molar-refractivity contribution >= 4 is 18.0 Å². The highest BCUT2D eigenvalue weighted by Gasteiger charge is 2.14. The Morgan fingerprint density at radius 2 is 2.14 bits per heavy atom. The van der Waals surface area contributed by atoms with Crippen molar-refractivity contribution < 1.29 is 13.9 Å². The number of hydrogen-bond acceptors (Lipinski definition) is 5. The predicted molar refractivity (Wildman–Crippen MR) is 76.7 cm³/mol. The first kappa shape index (κ1) is 14.8. The maximum Gasteiger partial charge on any atom is 0.346 e. The first-order valence-corrected chi connectivity index (χ1v) is 6.32. The predicted octanol–water partition coefficient (Wildman–Crippen LogP) is 3.17. The molecule has 0 unspecified atom stereocenters. The minimum Gasteiger partial charge on any atom is -0.387 e. The van der Waals surface area contributed by atoms with Crippen LogP contribution in [0.4, 0.5) is 10.2 Å². The number of benzene rings is 1. The molecule has 0 atom stereocenters. The van der Waals surface area contributed by atoms with E-state index in [4.69, 9.17) is 4.74 Å². The summed E-state index contributed by atoms with van der Waals surface area (Å²) in [5.74, 6) is -1.44. The number of carbonyl (C=O) groups excluding carboxylic acids is 1. The molecule has 108 valence electrons. The van der Waals surface area contributed by atoms with Crippen LogP contribution in [0.25, 0.3) is 0 Å². The van der Waals surface area contributed by atoms with Crippen molar-refractivity contribution in [3.05, 3.63) is 46.9 Å². The number of hydrogen-bond donors (Lipinski definition) is 0. The molecule has 0 amide bonds. The molecular formula is C15H14FN3O2. The van der Waals surface area contributed by atoms with Crippen molar-refractivity contribution in [2.45, 2.75) is 20.8 Å². The number of halogens is 1. The Balaban J connectivity index is 2.25. The molecular weight excluding hydrogens is 273 g/mol. The van der Waals surface area contributed by atoms with Crippen LogP contribution in [0.5, 0.6) is 6.01 Å². The molecule has 1 heterocycles. The fourth-order valence-corrected chi connectivity index (χ4v) is 1.78. The Bertz CT molecular complexity index is 714. The third kappa shape index (κ3) is 3.47. The molecule has 0 saturated heterocycles. The van der Waals surface area contributed by atoms with Crippen LogP contribution in [0.1, 0.15) is 28.4 Å². The quantitative estimate of drug-likeness (QED) is 0.642. The van der Waals surface area contributed by atoms with E-state index in [9.17, 15) is 9.18 Å². The van der Waals surface area contributed by atoms with Gasteiger partial charge in [-0.1, -0.05) is 17.7 Å². The highest BCUT2D eigenvalue weighted by Crippen LogP contribution is 2.18. The summed E-state index contributed by atoms with van der Waals surface area (Å²) in [6.07, 6.45) is 2.31. The van der Waals surface area contributed by atoms with Gasteiger partial charge in [0.15, 0.2) is 11.6 Å². The van der Waals surface area contributed by atoms with Gasteiger partial charge in [-0.3, -0.25) is 0 Å². The van der Waals surface area contributed by atoms with E-state index in [2.05, 4.69) is 15.0 Å². The molecule has 0 fully saturated rings. The molecule has 2 aromatic rings. The van der Waals surface area contributed by atoms with E-state index in [0.717, 1.165) is 17.3 Å². The largest absolute Gasteiger partial charge is 0.387 e. The minimum absolute atomic E-state index is 0.170. The standard InChI is InChI=1S/C15H14FN3O2/c1-4-17-13-12(16)8-18-15(19-13)21-14(20)11-6-5-9(2)7-10(11)3/h4-8H,1-3H3. The Labute approximate surface area is 121 Å². The third-order valence-electron chi connectivity index (χ3n) is 2.74. The summed E-state index contributed by atoms with van der Waals surface area (Å²) >= 11 is 0. The molecule has 2 rings (SSSR count). The number of aliphatic imine (C=N–C) groups is 1. The number of esters is 1. The first-order chi connectivity index (χ1) is 10.0. The monoisotopic (exact) mass is 287 g/mol. The van der Waals surface area contributed by atoms with Gasteiger partial charge in [-0.05, 0) is 32.4 Å². The molecule has 0 radical (unpaired) electrons. The molecule has 0 bridgehead atoms. The normalized spacial score (nSPS) is 10.9. The Hall–Kier alpha value is -2.63. The molecule has 0 aliphatic carbocycles. The molecule has 0 N–H and O–H groups in total. The summed E-state index contributed by atoms with van der Waals surface area (Å²) in [6.45, 7) is 5.37. The molecule has 0 spiro atoms. The second-order valence-electron chi connectivity index (χ2n) is 4.42. The van der Waals surface area contributed by atoms with Crippen LogP contribution in [0.2, 0.25) is 0 Å². The van der Waals surface area contributed by atoms with Crippen molar-refractivity contribution in [1.29, 1.82) is 0 Å². The molecule has 0 aliphatic rings. The van der Waals surface area contributed by atoms with Crippen molar-refractivity contribution in [2.24, 2.45) is 4.99 Å². The van der Waals surface area contributed by atoms with Crippen LogP contribution >= 0.6 is 0 Å². The van der Waals surface area contributed by atoms with Crippen molar-refractivity contribution in [1.82, 2.24) is 9.97 Å². The van der Waals surface area contributed by atoms with Crippen LogP contribution in [-0.4, -0.2) is 22.2 Å². The lowest BCUT2D eigenvalue weighted by molar-refractivity contribution is 0.0718. The van der Waals surface area contributed by atoms with Crippen LogP contribution < -0.4 is 4.74 Å². The van der Waals surface area contributed by atoms with E-state index in [1.54, 1.807) is 13.0 Å². The van der Waals surface area contributed by atoms with Gasteiger partial charge >= 0.3 is 12.0 Å². The second-order valence-corrected chi connectivity index (χ2v) is 4.42. The van der Waals surface area contributed by atoms with Gasteiger partial charge in [0.25, 0.3) is 0 Å². The van der Waals surface area contributed by atoms with Crippen LogP contribution in [0.15, 0.2) is 29.4 Å². The Morgan fingerprint density at radius 3 is 2.81 bits per heavy atom. The lowest BCUT2D eigenvalue weighted by Crippen LogP contribution is -2.12. The van der Waals surface area contributed by atoms with Gasteiger partial charge in [0.2, 0.25) is 0 Å². The molecule has 21 heavy (non-hydrogen) atoms. The maximum atomic E-state index is 13.3. The lowest BCUT2D eigenvalue weighted by Gasteiger charge is -2.06. The highest BCUT2D eigenvalue weighted by molar-refractivity contribution is 5.92. The summed E-state index contributed by atoms with van der Waals surface area (Å²) < 4.78 is 18.4. The van der Waals surface area contributed by atoms with E-state index in [1.807, 2.05) is 26.0 Å². The number of aromatic nitrogens is 2. The second kappa shape index (κ2) is 6.21. The Kier molecular flexibility index (Phi) is 4.37. The van der Waals surface area contributed by atoms with Gasteiger partial charge < -0.3 is 4.74 Å². The zero-order valence-corrected chi connectivity index (χ0v) is 11.9. The Morgan fingerprint density at radius 1 is 1.38 bits per heavy atom. The zero-order valence-electron chi connectivity index (χ0n) is 11.9. The van der Waals surface area contributed by atoms with E-state index in [0.29, 0.717) is 5.56 Å². The van der Waals surface area contributed by atoms with E-state index < -0.39 is 11.8 Å². The zero-order chi connectivity index (χ0) is 15.4. The summed E-state index contributed by atoms with van der Waals surface area (Å²) in [5, 5.41) is 0. The number of aryl methyl sites for hydroxylation is 2. The van der Waals surface area contributed by atoms with E-state index in [1.165, 1.54) is 6.21 Å². The van der Waals surface area contributed by atoms with E-state index in [-0.39, 0.29) is 11.8 Å².